The van der Waals surface area contributed by atoms with E-state index in [-0.39, 0.29) is 12.6 Å². The lowest BCUT2D eigenvalue weighted by molar-refractivity contribution is -0.119. The molecule has 0 aliphatic heterocycles. The SMILES string of the molecule is NC(N)=NC(=O)COc1ccsc1Cl. The van der Waals surface area contributed by atoms with E-state index in [0.29, 0.717) is 10.1 Å². The quantitative estimate of drug-likeness (QED) is 0.590. The fourth-order valence-corrected chi connectivity index (χ4v) is 1.53. The van der Waals surface area contributed by atoms with Crippen LogP contribution in [0.25, 0.3) is 0 Å². The second-order valence-corrected chi connectivity index (χ2v) is 3.80. The zero-order chi connectivity index (χ0) is 10.6. The Hall–Kier alpha value is -1.27. The Bertz CT molecular complexity index is 360. The molecule has 1 amide bonds. The topological polar surface area (TPSA) is 90.7 Å². The van der Waals surface area contributed by atoms with Gasteiger partial charge in [-0.2, -0.15) is 4.99 Å². The largest absolute Gasteiger partial charge is 0.481 e. The van der Waals surface area contributed by atoms with Crippen LogP contribution in [0.15, 0.2) is 16.4 Å². The predicted octanol–water partition coefficient (Wildman–Crippen LogP) is 0.580. The van der Waals surface area contributed by atoms with Gasteiger partial charge in [-0.05, 0) is 11.4 Å². The second-order valence-electron chi connectivity index (χ2n) is 2.28. The maximum Gasteiger partial charge on any atom is 0.286 e. The minimum absolute atomic E-state index is 0.228. The van der Waals surface area contributed by atoms with Gasteiger partial charge in [0.15, 0.2) is 12.6 Å². The molecule has 1 aromatic rings. The third kappa shape index (κ3) is 3.23. The van der Waals surface area contributed by atoms with Crippen molar-refractivity contribution in [3.8, 4) is 5.75 Å². The van der Waals surface area contributed by atoms with Crippen molar-refractivity contribution in [2.24, 2.45) is 16.5 Å². The number of nitrogens with zero attached hydrogens (tertiary/aromatic N) is 1. The first kappa shape index (κ1) is 10.8. The molecule has 14 heavy (non-hydrogen) atoms. The summed E-state index contributed by atoms with van der Waals surface area (Å²) in [5, 5.41) is 1.75. The number of carbonyl (C=O) groups excluding carboxylic acids is 1. The maximum atomic E-state index is 10.9. The smallest absolute Gasteiger partial charge is 0.286 e. The molecule has 7 heteroatoms. The second kappa shape index (κ2) is 4.83. The lowest BCUT2D eigenvalue weighted by atomic mass is 10.6. The number of halogens is 1. The highest BCUT2D eigenvalue weighted by Gasteiger charge is 2.05. The van der Waals surface area contributed by atoms with Crippen LogP contribution < -0.4 is 16.2 Å². The monoisotopic (exact) mass is 233 g/mol. The normalized spacial score (nSPS) is 9.50. The number of thiophene rings is 1. The Labute approximate surface area is 89.3 Å². The minimum Gasteiger partial charge on any atom is -0.481 e. The summed E-state index contributed by atoms with van der Waals surface area (Å²) in [6.07, 6.45) is 0. The molecule has 1 aromatic heterocycles. The third-order valence-electron chi connectivity index (χ3n) is 1.19. The van der Waals surface area contributed by atoms with E-state index in [0.717, 1.165) is 0 Å². The van der Waals surface area contributed by atoms with Gasteiger partial charge in [-0.3, -0.25) is 4.79 Å². The van der Waals surface area contributed by atoms with E-state index in [1.54, 1.807) is 11.4 Å². The molecular weight excluding hydrogens is 226 g/mol. The van der Waals surface area contributed by atoms with Crippen molar-refractivity contribution in [3.63, 3.8) is 0 Å². The molecule has 4 N–H and O–H groups in total. The van der Waals surface area contributed by atoms with Crippen LogP contribution in [0.1, 0.15) is 0 Å². The number of guanidine groups is 1. The van der Waals surface area contributed by atoms with Gasteiger partial charge in [0.25, 0.3) is 5.91 Å². The first-order valence-corrected chi connectivity index (χ1v) is 4.83. The number of aliphatic imine (C=N–C) groups is 1. The first-order chi connectivity index (χ1) is 6.59. The fourth-order valence-electron chi connectivity index (χ4n) is 0.700. The number of hydrogen-bond acceptors (Lipinski definition) is 3. The molecule has 0 radical (unpaired) electrons. The van der Waals surface area contributed by atoms with E-state index < -0.39 is 5.91 Å². The maximum absolute atomic E-state index is 10.9. The molecule has 0 aliphatic rings. The summed E-state index contributed by atoms with van der Waals surface area (Å²) >= 11 is 7.04. The summed E-state index contributed by atoms with van der Waals surface area (Å²) in [6, 6.07) is 1.66. The van der Waals surface area contributed by atoms with E-state index in [9.17, 15) is 4.79 Å². The van der Waals surface area contributed by atoms with E-state index >= 15 is 0 Å². The van der Waals surface area contributed by atoms with E-state index in [1.165, 1.54) is 11.3 Å². The molecule has 0 saturated carbocycles. The molecule has 1 rings (SSSR count). The van der Waals surface area contributed by atoms with E-state index in [4.69, 9.17) is 27.8 Å². The molecule has 0 fully saturated rings. The number of rotatable bonds is 3. The molecule has 0 bridgehead atoms. The van der Waals surface area contributed by atoms with Gasteiger partial charge < -0.3 is 16.2 Å². The van der Waals surface area contributed by atoms with Crippen molar-refractivity contribution in [3.05, 3.63) is 15.8 Å². The number of nitrogens with two attached hydrogens (primary N) is 2. The summed E-state index contributed by atoms with van der Waals surface area (Å²) in [7, 11) is 0. The molecular formula is C7H8ClN3O2S. The Kier molecular flexibility index (Phi) is 3.73. The van der Waals surface area contributed by atoms with Crippen molar-refractivity contribution >= 4 is 34.8 Å². The van der Waals surface area contributed by atoms with Crippen LogP contribution in [0.3, 0.4) is 0 Å². The Morgan fingerprint density at radius 2 is 2.36 bits per heavy atom. The molecule has 5 nitrogen and oxygen atoms in total. The molecule has 0 aromatic carbocycles. The molecule has 0 unspecified atom stereocenters. The summed E-state index contributed by atoms with van der Waals surface area (Å²) < 4.78 is 5.54. The molecule has 0 atom stereocenters. The standard InChI is InChI=1S/C7H8ClN3O2S/c8-6-4(1-2-14-6)13-3-5(12)11-7(9)10/h1-2H,3H2,(H4,9,10,11,12). The van der Waals surface area contributed by atoms with Gasteiger partial charge in [0.2, 0.25) is 0 Å². The summed E-state index contributed by atoms with van der Waals surface area (Å²) in [4.78, 5) is 14.2. The predicted molar refractivity (Wildman–Crippen MR) is 55.6 cm³/mol. The highest BCUT2D eigenvalue weighted by atomic mass is 35.5. The van der Waals surface area contributed by atoms with E-state index in [1.807, 2.05) is 0 Å². The van der Waals surface area contributed by atoms with Crippen LogP contribution >= 0.6 is 22.9 Å². The fraction of sp³-hybridized carbons (Fsp3) is 0.143. The van der Waals surface area contributed by atoms with Crippen LogP contribution in [0.5, 0.6) is 5.75 Å². The van der Waals surface area contributed by atoms with Gasteiger partial charge in [-0.1, -0.05) is 11.6 Å². The zero-order valence-electron chi connectivity index (χ0n) is 7.07. The van der Waals surface area contributed by atoms with Crippen LogP contribution in [0.2, 0.25) is 4.34 Å². The average molecular weight is 234 g/mol. The van der Waals surface area contributed by atoms with Gasteiger partial charge in [0.1, 0.15) is 10.1 Å². The molecule has 76 valence electrons. The van der Waals surface area contributed by atoms with Crippen LogP contribution in [0.4, 0.5) is 0 Å². The number of carbonyl (C=O) groups is 1. The van der Waals surface area contributed by atoms with Gasteiger partial charge in [0, 0.05) is 0 Å². The van der Waals surface area contributed by atoms with Gasteiger partial charge >= 0.3 is 0 Å². The Morgan fingerprint density at radius 3 is 2.86 bits per heavy atom. The van der Waals surface area contributed by atoms with Crippen molar-refractivity contribution in [2.75, 3.05) is 6.61 Å². The van der Waals surface area contributed by atoms with E-state index in [2.05, 4.69) is 4.99 Å². The molecule has 1 heterocycles. The molecule has 0 aliphatic carbocycles. The van der Waals surface area contributed by atoms with Crippen molar-refractivity contribution in [1.29, 1.82) is 0 Å². The van der Waals surface area contributed by atoms with Crippen LogP contribution in [0, 0.1) is 0 Å². The Morgan fingerprint density at radius 1 is 1.64 bits per heavy atom. The first-order valence-electron chi connectivity index (χ1n) is 3.58. The van der Waals surface area contributed by atoms with Crippen molar-refractivity contribution in [2.45, 2.75) is 0 Å². The number of amides is 1. The lowest BCUT2D eigenvalue weighted by Gasteiger charge is -2.00. The number of hydrogen-bond donors (Lipinski definition) is 2. The summed E-state index contributed by atoms with van der Waals surface area (Å²) in [5.41, 5.74) is 10.00. The summed E-state index contributed by atoms with van der Waals surface area (Å²) in [5.74, 6) is -0.377. The Balaban J connectivity index is 2.46. The molecule has 0 spiro atoms. The number of ether oxygens (including phenoxy) is 1. The van der Waals surface area contributed by atoms with Gasteiger partial charge in [-0.25, -0.2) is 0 Å². The molecule has 0 saturated heterocycles. The van der Waals surface area contributed by atoms with Crippen LogP contribution in [-0.2, 0) is 4.79 Å². The average Bonchev–Trinajstić information content (AvgIpc) is 2.46. The lowest BCUT2D eigenvalue weighted by Crippen LogP contribution is -2.25. The third-order valence-corrected chi connectivity index (χ3v) is 2.32. The summed E-state index contributed by atoms with van der Waals surface area (Å²) in [6.45, 7) is -0.228. The van der Waals surface area contributed by atoms with Crippen molar-refractivity contribution in [1.82, 2.24) is 0 Å². The minimum atomic E-state index is -0.549. The van der Waals surface area contributed by atoms with Crippen LogP contribution in [-0.4, -0.2) is 18.5 Å². The van der Waals surface area contributed by atoms with Crippen molar-refractivity contribution < 1.29 is 9.53 Å². The van der Waals surface area contributed by atoms with Gasteiger partial charge in [0.05, 0.1) is 0 Å². The highest BCUT2D eigenvalue weighted by Crippen LogP contribution is 2.29. The zero-order valence-corrected chi connectivity index (χ0v) is 8.64. The highest BCUT2D eigenvalue weighted by molar-refractivity contribution is 7.14. The van der Waals surface area contributed by atoms with Gasteiger partial charge in [-0.15, -0.1) is 11.3 Å².